The average Bonchev–Trinajstić information content (AvgIpc) is 3.03. The summed E-state index contributed by atoms with van der Waals surface area (Å²) in [5, 5.41) is 14.0. The first-order valence-electron chi connectivity index (χ1n) is 8.53. The Labute approximate surface area is 161 Å². The molecule has 1 heterocycles. The monoisotopic (exact) mass is 389 g/mol. The maximum atomic E-state index is 12.5. The van der Waals surface area contributed by atoms with Crippen LogP contribution in [0.4, 0.5) is 5.69 Å². The van der Waals surface area contributed by atoms with Crippen molar-refractivity contribution in [2.75, 3.05) is 11.9 Å². The number of benzene rings is 1. The molecular weight excluding hydrogens is 366 g/mol. The van der Waals surface area contributed by atoms with Crippen LogP contribution in [-0.2, 0) is 20.8 Å². The summed E-state index contributed by atoms with van der Waals surface area (Å²) in [6.45, 7) is 1.78. The largest absolute Gasteiger partial charge is 0.481 e. The molecule has 2 aromatic rings. The van der Waals surface area contributed by atoms with E-state index < -0.39 is 23.8 Å². The standard InChI is InChI=1S/C19H23N3O4S/c1-12-5-6-15(27-12)10-13-3-2-4-14(9-13)21-19(26)16(7-8-18(24)25)22-17(23)11-20/h2-6,9,16H,7-8,10-11,20H2,1H3,(H,21,26)(H,22,23)(H,24,25)/t16-/m0/s1. The predicted octanol–water partition coefficient (Wildman–Crippen LogP) is 1.89. The number of rotatable bonds is 9. The highest BCUT2D eigenvalue weighted by Gasteiger charge is 2.21. The molecule has 8 heteroatoms. The van der Waals surface area contributed by atoms with Gasteiger partial charge >= 0.3 is 5.97 Å². The maximum absolute atomic E-state index is 12.5. The first-order chi connectivity index (χ1) is 12.9. The lowest BCUT2D eigenvalue weighted by Gasteiger charge is -2.17. The lowest BCUT2D eigenvalue weighted by molar-refractivity contribution is -0.137. The van der Waals surface area contributed by atoms with Gasteiger partial charge in [0.05, 0.1) is 6.54 Å². The van der Waals surface area contributed by atoms with E-state index in [1.54, 1.807) is 17.4 Å². The van der Waals surface area contributed by atoms with Gasteiger partial charge in [0.1, 0.15) is 6.04 Å². The van der Waals surface area contributed by atoms with Crippen molar-refractivity contribution in [2.45, 2.75) is 32.2 Å². The molecule has 0 unspecified atom stereocenters. The summed E-state index contributed by atoms with van der Waals surface area (Å²) in [6.07, 6.45) is 0.510. The van der Waals surface area contributed by atoms with E-state index in [9.17, 15) is 14.4 Å². The molecule has 144 valence electrons. The van der Waals surface area contributed by atoms with E-state index in [1.807, 2.05) is 18.2 Å². The molecule has 2 rings (SSSR count). The lowest BCUT2D eigenvalue weighted by Crippen LogP contribution is -2.46. The van der Waals surface area contributed by atoms with Crippen LogP contribution in [0, 0.1) is 6.92 Å². The minimum Gasteiger partial charge on any atom is -0.481 e. The molecule has 1 atom stereocenters. The van der Waals surface area contributed by atoms with Crippen LogP contribution in [-0.4, -0.2) is 35.5 Å². The fraction of sp³-hybridized carbons (Fsp3) is 0.316. The van der Waals surface area contributed by atoms with Crippen molar-refractivity contribution in [1.29, 1.82) is 0 Å². The van der Waals surface area contributed by atoms with Crippen molar-refractivity contribution in [3.8, 4) is 0 Å². The van der Waals surface area contributed by atoms with Crippen molar-refractivity contribution < 1.29 is 19.5 Å². The van der Waals surface area contributed by atoms with Gasteiger partial charge in [0, 0.05) is 28.3 Å². The van der Waals surface area contributed by atoms with Gasteiger partial charge in [-0.2, -0.15) is 0 Å². The summed E-state index contributed by atoms with van der Waals surface area (Å²) in [5.41, 5.74) is 6.90. The molecule has 5 N–H and O–H groups in total. The number of nitrogens with two attached hydrogens (primary N) is 1. The number of carboxylic acids is 1. The van der Waals surface area contributed by atoms with Gasteiger partial charge in [-0.15, -0.1) is 11.3 Å². The molecule has 1 aromatic heterocycles. The van der Waals surface area contributed by atoms with Crippen molar-refractivity contribution in [3.05, 3.63) is 51.7 Å². The van der Waals surface area contributed by atoms with E-state index in [2.05, 4.69) is 29.7 Å². The molecule has 27 heavy (non-hydrogen) atoms. The van der Waals surface area contributed by atoms with E-state index in [0.29, 0.717) is 5.69 Å². The Kier molecular flexibility index (Phi) is 7.51. The molecule has 0 saturated carbocycles. The second kappa shape index (κ2) is 9.84. The molecular formula is C19H23N3O4S. The van der Waals surface area contributed by atoms with Gasteiger partial charge in [0.2, 0.25) is 11.8 Å². The molecule has 0 spiro atoms. The maximum Gasteiger partial charge on any atom is 0.303 e. The Morgan fingerprint density at radius 2 is 2.00 bits per heavy atom. The molecule has 0 aliphatic heterocycles. The summed E-state index contributed by atoms with van der Waals surface area (Å²) in [5.74, 6) is -2.02. The summed E-state index contributed by atoms with van der Waals surface area (Å²) < 4.78 is 0. The number of nitrogens with one attached hydrogen (secondary N) is 2. The first kappa shape index (κ1) is 20.6. The molecule has 7 nitrogen and oxygen atoms in total. The van der Waals surface area contributed by atoms with Crippen LogP contribution < -0.4 is 16.4 Å². The van der Waals surface area contributed by atoms with E-state index in [-0.39, 0.29) is 19.4 Å². The molecule has 0 aliphatic carbocycles. The SMILES string of the molecule is Cc1ccc(Cc2cccc(NC(=O)[C@H](CCC(=O)O)NC(=O)CN)c2)s1. The van der Waals surface area contributed by atoms with Gasteiger partial charge in [-0.05, 0) is 43.2 Å². The summed E-state index contributed by atoms with van der Waals surface area (Å²) >= 11 is 1.72. The highest BCUT2D eigenvalue weighted by Crippen LogP contribution is 2.21. The zero-order valence-electron chi connectivity index (χ0n) is 15.0. The highest BCUT2D eigenvalue weighted by molar-refractivity contribution is 7.11. The highest BCUT2D eigenvalue weighted by atomic mass is 32.1. The van der Waals surface area contributed by atoms with Gasteiger partial charge in [0.25, 0.3) is 0 Å². The fourth-order valence-electron chi connectivity index (χ4n) is 2.56. The number of carbonyl (C=O) groups is 3. The van der Waals surface area contributed by atoms with Crippen LogP contribution in [0.15, 0.2) is 36.4 Å². The number of aryl methyl sites for hydroxylation is 1. The Hall–Kier alpha value is -2.71. The van der Waals surface area contributed by atoms with Crippen LogP contribution in [0.25, 0.3) is 0 Å². The van der Waals surface area contributed by atoms with E-state index >= 15 is 0 Å². The van der Waals surface area contributed by atoms with Crippen molar-refractivity contribution in [2.24, 2.45) is 5.73 Å². The molecule has 0 aliphatic rings. The number of hydrogen-bond donors (Lipinski definition) is 4. The normalized spacial score (nSPS) is 11.6. The van der Waals surface area contributed by atoms with Gasteiger partial charge in [-0.3, -0.25) is 14.4 Å². The number of hydrogen-bond acceptors (Lipinski definition) is 5. The van der Waals surface area contributed by atoms with Crippen molar-refractivity contribution in [1.82, 2.24) is 5.32 Å². The Morgan fingerprint density at radius 1 is 1.22 bits per heavy atom. The van der Waals surface area contributed by atoms with Gasteiger partial charge in [0.15, 0.2) is 0 Å². The number of thiophene rings is 1. The smallest absolute Gasteiger partial charge is 0.303 e. The van der Waals surface area contributed by atoms with Crippen LogP contribution in [0.5, 0.6) is 0 Å². The molecule has 0 bridgehead atoms. The van der Waals surface area contributed by atoms with Crippen molar-refractivity contribution in [3.63, 3.8) is 0 Å². The van der Waals surface area contributed by atoms with Gasteiger partial charge in [-0.25, -0.2) is 0 Å². The minimum atomic E-state index is -1.04. The Balaban J connectivity index is 2.05. The van der Waals surface area contributed by atoms with Crippen LogP contribution in [0.2, 0.25) is 0 Å². The lowest BCUT2D eigenvalue weighted by atomic mass is 10.1. The quantitative estimate of drug-likeness (QED) is 0.522. The second-order valence-electron chi connectivity index (χ2n) is 6.14. The zero-order chi connectivity index (χ0) is 19.8. The Bertz CT molecular complexity index is 819. The first-order valence-corrected chi connectivity index (χ1v) is 9.35. The van der Waals surface area contributed by atoms with Gasteiger partial charge < -0.3 is 21.5 Å². The van der Waals surface area contributed by atoms with E-state index in [0.717, 1.165) is 12.0 Å². The molecule has 0 radical (unpaired) electrons. The van der Waals surface area contributed by atoms with E-state index in [4.69, 9.17) is 10.8 Å². The van der Waals surface area contributed by atoms with E-state index in [1.165, 1.54) is 9.75 Å². The predicted molar refractivity (Wildman–Crippen MR) is 105 cm³/mol. The second-order valence-corrected chi connectivity index (χ2v) is 7.51. The third-order valence-corrected chi connectivity index (χ3v) is 4.85. The fourth-order valence-corrected chi connectivity index (χ4v) is 3.48. The third-order valence-electron chi connectivity index (χ3n) is 3.85. The summed E-state index contributed by atoms with van der Waals surface area (Å²) in [6, 6.07) is 10.6. The Morgan fingerprint density at radius 3 is 2.63 bits per heavy atom. The molecule has 0 fully saturated rings. The minimum absolute atomic E-state index is 0.0128. The number of carboxylic acid groups (broad SMARTS) is 1. The topological polar surface area (TPSA) is 122 Å². The number of anilines is 1. The zero-order valence-corrected chi connectivity index (χ0v) is 15.8. The third kappa shape index (κ3) is 6.84. The molecule has 2 amide bonds. The van der Waals surface area contributed by atoms with Crippen molar-refractivity contribution >= 4 is 34.8 Å². The van der Waals surface area contributed by atoms with Crippen LogP contribution >= 0.6 is 11.3 Å². The number of carbonyl (C=O) groups excluding carboxylic acids is 2. The van der Waals surface area contributed by atoms with Crippen LogP contribution in [0.1, 0.15) is 28.2 Å². The number of amides is 2. The van der Waals surface area contributed by atoms with Crippen LogP contribution in [0.3, 0.4) is 0 Å². The molecule has 1 aromatic carbocycles. The summed E-state index contributed by atoms with van der Waals surface area (Å²) in [7, 11) is 0. The number of aliphatic carboxylic acids is 1. The summed E-state index contributed by atoms with van der Waals surface area (Å²) in [4.78, 5) is 37.3. The molecule has 0 saturated heterocycles. The average molecular weight is 389 g/mol. The van der Waals surface area contributed by atoms with Gasteiger partial charge in [-0.1, -0.05) is 12.1 Å².